The standard InChI is InChI=1S/C38H38O6/c1-6-28-15-20-33-34(21-28)36(42-23-27(5)44-38(40)30-18-13-25(3)14-19-30)32-10-8-7-9-31(32)35(33)41-22-26(4)43-37(39)29-16-11-24(2)12-17-29/h7-21,26-27H,6,22-23H2,1-5H3. The van der Waals surface area contributed by atoms with Crippen molar-refractivity contribution in [2.24, 2.45) is 0 Å². The molecule has 0 aliphatic carbocycles. The molecule has 6 nitrogen and oxygen atoms in total. The predicted molar refractivity (Wildman–Crippen MR) is 174 cm³/mol. The summed E-state index contributed by atoms with van der Waals surface area (Å²) < 4.78 is 24.2. The van der Waals surface area contributed by atoms with E-state index >= 15 is 0 Å². The van der Waals surface area contributed by atoms with Gasteiger partial charge in [0.2, 0.25) is 0 Å². The lowest BCUT2D eigenvalue weighted by Gasteiger charge is -2.21. The average Bonchev–Trinajstić information content (AvgIpc) is 3.02. The Bertz CT molecular complexity index is 1770. The summed E-state index contributed by atoms with van der Waals surface area (Å²) in [5.74, 6) is 0.632. The first-order valence-electron chi connectivity index (χ1n) is 15.0. The van der Waals surface area contributed by atoms with Crippen LogP contribution >= 0.6 is 0 Å². The molecule has 226 valence electrons. The van der Waals surface area contributed by atoms with E-state index in [0.717, 1.165) is 44.7 Å². The minimum absolute atomic E-state index is 0.179. The minimum Gasteiger partial charge on any atom is -0.488 e. The second-order valence-corrected chi connectivity index (χ2v) is 11.2. The summed E-state index contributed by atoms with van der Waals surface area (Å²) in [6.45, 7) is 10.1. The zero-order valence-corrected chi connectivity index (χ0v) is 25.9. The van der Waals surface area contributed by atoms with E-state index < -0.39 is 12.2 Å². The van der Waals surface area contributed by atoms with Crippen LogP contribution in [-0.4, -0.2) is 37.4 Å². The van der Waals surface area contributed by atoms with Gasteiger partial charge in [0.15, 0.2) is 0 Å². The van der Waals surface area contributed by atoms with Gasteiger partial charge in [-0.2, -0.15) is 0 Å². The van der Waals surface area contributed by atoms with E-state index in [1.165, 1.54) is 0 Å². The predicted octanol–water partition coefficient (Wildman–Crippen LogP) is 8.42. The lowest BCUT2D eigenvalue weighted by Crippen LogP contribution is -2.22. The molecular weight excluding hydrogens is 552 g/mol. The zero-order chi connectivity index (χ0) is 31.2. The molecule has 0 heterocycles. The number of carbonyl (C=O) groups excluding carboxylic acids is 2. The van der Waals surface area contributed by atoms with Gasteiger partial charge in [-0.05, 0) is 70.0 Å². The third-order valence-corrected chi connectivity index (χ3v) is 7.51. The summed E-state index contributed by atoms with van der Waals surface area (Å²) in [6, 6.07) is 28.8. The highest BCUT2D eigenvalue weighted by atomic mass is 16.6. The molecule has 0 aliphatic heterocycles. The molecule has 0 radical (unpaired) electrons. The molecule has 5 rings (SSSR count). The van der Waals surface area contributed by atoms with Crippen molar-refractivity contribution in [1.29, 1.82) is 0 Å². The lowest BCUT2D eigenvalue weighted by molar-refractivity contribution is 0.0221. The average molecular weight is 591 g/mol. The van der Waals surface area contributed by atoms with Gasteiger partial charge < -0.3 is 18.9 Å². The third-order valence-electron chi connectivity index (χ3n) is 7.51. The number of aryl methyl sites for hydroxylation is 3. The van der Waals surface area contributed by atoms with Crippen LogP contribution in [0.1, 0.15) is 58.2 Å². The lowest BCUT2D eigenvalue weighted by atomic mass is 9.98. The number of ether oxygens (including phenoxy) is 4. The molecule has 0 amide bonds. The van der Waals surface area contributed by atoms with Crippen molar-refractivity contribution < 1.29 is 28.5 Å². The smallest absolute Gasteiger partial charge is 0.338 e. The number of hydrogen-bond acceptors (Lipinski definition) is 6. The summed E-state index contributed by atoms with van der Waals surface area (Å²) in [4.78, 5) is 25.4. The van der Waals surface area contributed by atoms with Crippen LogP contribution < -0.4 is 9.47 Å². The number of carbonyl (C=O) groups is 2. The molecule has 0 N–H and O–H groups in total. The van der Waals surface area contributed by atoms with Gasteiger partial charge in [0, 0.05) is 21.5 Å². The minimum atomic E-state index is -0.480. The molecule has 0 aliphatic rings. The van der Waals surface area contributed by atoms with Gasteiger partial charge in [0.25, 0.3) is 0 Å². The Kier molecular flexibility index (Phi) is 9.49. The Hall–Kier alpha value is -4.84. The van der Waals surface area contributed by atoms with Crippen LogP contribution in [-0.2, 0) is 15.9 Å². The molecule has 6 heteroatoms. The van der Waals surface area contributed by atoms with E-state index in [4.69, 9.17) is 18.9 Å². The second kappa shape index (κ2) is 13.6. The quantitative estimate of drug-likeness (QED) is 0.114. The Morgan fingerprint density at radius 2 is 1.02 bits per heavy atom. The number of rotatable bonds is 11. The third kappa shape index (κ3) is 7.03. The van der Waals surface area contributed by atoms with Crippen LogP contribution in [0, 0.1) is 13.8 Å². The fourth-order valence-corrected chi connectivity index (χ4v) is 5.03. The van der Waals surface area contributed by atoms with Gasteiger partial charge in [-0.3, -0.25) is 0 Å². The van der Waals surface area contributed by atoms with Crippen molar-refractivity contribution in [2.75, 3.05) is 13.2 Å². The largest absolute Gasteiger partial charge is 0.488 e. The van der Waals surface area contributed by atoms with Crippen LogP contribution in [0.2, 0.25) is 0 Å². The van der Waals surface area contributed by atoms with E-state index in [9.17, 15) is 9.59 Å². The van der Waals surface area contributed by atoms with Gasteiger partial charge in [-0.25, -0.2) is 9.59 Å². The zero-order valence-electron chi connectivity index (χ0n) is 25.9. The first-order chi connectivity index (χ1) is 21.2. The molecule has 5 aromatic rings. The van der Waals surface area contributed by atoms with Crippen molar-refractivity contribution >= 4 is 33.5 Å². The Labute approximate surface area is 258 Å². The Balaban J connectivity index is 1.39. The van der Waals surface area contributed by atoms with E-state index in [2.05, 4.69) is 19.1 Å². The summed E-state index contributed by atoms with van der Waals surface area (Å²) in [5, 5.41) is 3.54. The number of hydrogen-bond donors (Lipinski definition) is 0. The fourth-order valence-electron chi connectivity index (χ4n) is 5.03. The van der Waals surface area contributed by atoms with Crippen LogP contribution in [0.5, 0.6) is 11.5 Å². The SMILES string of the molecule is CCc1ccc2c(OCC(C)OC(=O)c3ccc(C)cc3)c3ccccc3c(OCC(C)OC(=O)c3ccc(C)cc3)c2c1. The molecule has 2 atom stereocenters. The van der Waals surface area contributed by atoms with Crippen LogP contribution in [0.4, 0.5) is 0 Å². The van der Waals surface area contributed by atoms with E-state index in [-0.39, 0.29) is 25.2 Å². The topological polar surface area (TPSA) is 71.1 Å². The summed E-state index contributed by atoms with van der Waals surface area (Å²) in [7, 11) is 0. The first-order valence-corrected chi connectivity index (χ1v) is 15.0. The summed E-state index contributed by atoms with van der Waals surface area (Å²) in [6.07, 6.45) is -0.103. The van der Waals surface area contributed by atoms with Crippen molar-refractivity contribution in [2.45, 2.75) is 53.2 Å². The molecule has 0 bridgehead atoms. The molecule has 5 aromatic carbocycles. The van der Waals surface area contributed by atoms with Crippen molar-refractivity contribution in [3.8, 4) is 11.5 Å². The number of esters is 2. The molecule has 0 fully saturated rings. The van der Waals surface area contributed by atoms with Crippen molar-refractivity contribution in [3.63, 3.8) is 0 Å². The Morgan fingerprint density at radius 3 is 1.48 bits per heavy atom. The van der Waals surface area contributed by atoms with Gasteiger partial charge >= 0.3 is 11.9 Å². The maximum absolute atomic E-state index is 12.7. The van der Waals surface area contributed by atoms with Gasteiger partial charge in [-0.15, -0.1) is 0 Å². The van der Waals surface area contributed by atoms with Crippen LogP contribution in [0.25, 0.3) is 21.5 Å². The normalized spacial score (nSPS) is 12.5. The highest BCUT2D eigenvalue weighted by Crippen LogP contribution is 2.43. The second-order valence-electron chi connectivity index (χ2n) is 11.2. The first kappa shape index (κ1) is 30.6. The molecule has 44 heavy (non-hydrogen) atoms. The molecule has 0 saturated heterocycles. The van der Waals surface area contributed by atoms with Gasteiger partial charge in [-0.1, -0.05) is 78.7 Å². The monoisotopic (exact) mass is 590 g/mol. The summed E-state index contributed by atoms with van der Waals surface area (Å²) in [5.41, 5.74) is 4.32. The highest BCUT2D eigenvalue weighted by molar-refractivity contribution is 6.11. The molecule has 0 aromatic heterocycles. The maximum atomic E-state index is 12.7. The molecule has 2 unspecified atom stereocenters. The fraction of sp³-hybridized carbons (Fsp3) is 0.263. The molecule has 0 spiro atoms. The van der Waals surface area contributed by atoms with E-state index in [1.54, 1.807) is 24.3 Å². The van der Waals surface area contributed by atoms with Crippen molar-refractivity contribution in [1.82, 2.24) is 0 Å². The summed E-state index contributed by atoms with van der Waals surface area (Å²) >= 11 is 0. The van der Waals surface area contributed by atoms with Gasteiger partial charge in [0.1, 0.15) is 36.9 Å². The Morgan fingerprint density at radius 1 is 0.591 bits per heavy atom. The van der Waals surface area contributed by atoms with Crippen LogP contribution in [0.3, 0.4) is 0 Å². The molecular formula is C38H38O6. The van der Waals surface area contributed by atoms with Crippen LogP contribution in [0.15, 0.2) is 91.0 Å². The number of benzene rings is 5. The van der Waals surface area contributed by atoms with Gasteiger partial charge in [0.05, 0.1) is 11.1 Å². The molecule has 0 saturated carbocycles. The maximum Gasteiger partial charge on any atom is 0.338 e. The highest BCUT2D eigenvalue weighted by Gasteiger charge is 2.20. The van der Waals surface area contributed by atoms with E-state index in [0.29, 0.717) is 22.6 Å². The number of fused-ring (bicyclic) bond motifs is 2. The van der Waals surface area contributed by atoms with Crippen molar-refractivity contribution in [3.05, 3.63) is 119 Å². The van der Waals surface area contributed by atoms with E-state index in [1.807, 2.05) is 82.3 Å².